The van der Waals surface area contributed by atoms with Crippen molar-refractivity contribution in [3.8, 4) is 0 Å². The van der Waals surface area contributed by atoms with Gasteiger partial charge in [-0.05, 0) is 37.1 Å². The SMILES string of the molecule is CC(C)C1(CNC2CCNC2)CC1. The molecule has 0 spiro atoms. The zero-order valence-corrected chi connectivity index (χ0v) is 8.90. The molecule has 2 aliphatic rings. The van der Waals surface area contributed by atoms with E-state index in [1.54, 1.807) is 0 Å². The molecule has 2 nitrogen and oxygen atoms in total. The Morgan fingerprint density at radius 2 is 2.23 bits per heavy atom. The van der Waals surface area contributed by atoms with E-state index < -0.39 is 0 Å². The summed E-state index contributed by atoms with van der Waals surface area (Å²) in [5, 5.41) is 7.10. The van der Waals surface area contributed by atoms with Gasteiger partial charge in [0.15, 0.2) is 0 Å². The minimum Gasteiger partial charge on any atom is -0.315 e. The van der Waals surface area contributed by atoms with Gasteiger partial charge in [-0.1, -0.05) is 13.8 Å². The largest absolute Gasteiger partial charge is 0.315 e. The molecule has 0 amide bonds. The molecule has 0 aromatic carbocycles. The highest BCUT2D eigenvalue weighted by atomic mass is 15.0. The van der Waals surface area contributed by atoms with Gasteiger partial charge in [-0.25, -0.2) is 0 Å². The van der Waals surface area contributed by atoms with Crippen molar-refractivity contribution in [1.82, 2.24) is 10.6 Å². The fraction of sp³-hybridized carbons (Fsp3) is 1.00. The maximum atomic E-state index is 3.70. The third kappa shape index (κ3) is 2.05. The van der Waals surface area contributed by atoms with Crippen LogP contribution in [0.4, 0.5) is 0 Å². The molecule has 2 heteroatoms. The van der Waals surface area contributed by atoms with Crippen LogP contribution in [0, 0.1) is 11.3 Å². The summed E-state index contributed by atoms with van der Waals surface area (Å²) in [5.74, 6) is 0.856. The fourth-order valence-corrected chi connectivity index (χ4v) is 2.30. The Morgan fingerprint density at radius 3 is 2.69 bits per heavy atom. The maximum absolute atomic E-state index is 3.70. The molecule has 0 aromatic heterocycles. The van der Waals surface area contributed by atoms with Crippen molar-refractivity contribution in [2.75, 3.05) is 19.6 Å². The lowest BCUT2D eigenvalue weighted by atomic mass is 9.92. The zero-order chi connectivity index (χ0) is 9.31. The Morgan fingerprint density at radius 1 is 1.46 bits per heavy atom. The topological polar surface area (TPSA) is 24.1 Å². The molecule has 1 aliphatic heterocycles. The van der Waals surface area contributed by atoms with E-state index in [-0.39, 0.29) is 0 Å². The van der Waals surface area contributed by atoms with E-state index in [1.165, 1.54) is 38.9 Å². The third-order valence-corrected chi connectivity index (χ3v) is 3.92. The highest BCUT2D eigenvalue weighted by Gasteiger charge is 2.45. The average molecular weight is 182 g/mol. The second-order valence-corrected chi connectivity index (χ2v) is 5.09. The van der Waals surface area contributed by atoms with Gasteiger partial charge in [0.25, 0.3) is 0 Å². The molecule has 1 saturated carbocycles. The number of nitrogens with one attached hydrogen (secondary N) is 2. The van der Waals surface area contributed by atoms with E-state index in [4.69, 9.17) is 0 Å². The van der Waals surface area contributed by atoms with Gasteiger partial charge in [0.1, 0.15) is 0 Å². The first-order valence-corrected chi connectivity index (χ1v) is 5.67. The van der Waals surface area contributed by atoms with Crippen molar-refractivity contribution >= 4 is 0 Å². The minimum atomic E-state index is 0.669. The van der Waals surface area contributed by atoms with Gasteiger partial charge in [0.05, 0.1) is 0 Å². The molecule has 76 valence electrons. The van der Waals surface area contributed by atoms with Gasteiger partial charge < -0.3 is 10.6 Å². The quantitative estimate of drug-likeness (QED) is 0.686. The number of rotatable bonds is 4. The Labute approximate surface area is 81.5 Å². The summed E-state index contributed by atoms with van der Waals surface area (Å²) < 4.78 is 0. The van der Waals surface area contributed by atoms with E-state index in [2.05, 4.69) is 24.5 Å². The van der Waals surface area contributed by atoms with Gasteiger partial charge in [-0.15, -0.1) is 0 Å². The van der Waals surface area contributed by atoms with E-state index in [1.807, 2.05) is 0 Å². The van der Waals surface area contributed by atoms with Gasteiger partial charge in [0.2, 0.25) is 0 Å². The van der Waals surface area contributed by atoms with Crippen molar-refractivity contribution in [3.05, 3.63) is 0 Å². The smallest absolute Gasteiger partial charge is 0.0204 e. The van der Waals surface area contributed by atoms with Gasteiger partial charge in [-0.3, -0.25) is 0 Å². The van der Waals surface area contributed by atoms with Crippen LogP contribution in [0.2, 0.25) is 0 Å². The molecule has 0 bridgehead atoms. The maximum Gasteiger partial charge on any atom is 0.0204 e. The molecule has 1 heterocycles. The van der Waals surface area contributed by atoms with Crippen LogP contribution < -0.4 is 10.6 Å². The fourth-order valence-electron chi connectivity index (χ4n) is 2.30. The Bertz CT molecular complexity index is 167. The normalized spacial score (nSPS) is 31.2. The summed E-state index contributed by atoms with van der Waals surface area (Å²) >= 11 is 0. The molecule has 0 radical (unpaired) electrons. The molecule has 2 N–H and O–H groups in total. The second-order valence-electron chi connectivity index (χ2n) is 5.09. The third-order valence-electron chi connectivity index (χ3n) is 3.92. The van der Waals surface area contributed by atoms with Crippen molar-refractivity contribution in [2.24, 2.45) is 11.3 Å². The molecule has 2 rings (SSSR count). The van der Waals surface area contributed by atoms with Crippen LogP contribution >= 0.6 is 0 Å². The first kappa shape index (κ1) is 9.47. The van der Waals surface area contributed by atoms with Crippen LogP contribution in [-0.4, -0.2) is 25.7 Å². The van der Waals surface area contributed by atoms with Crippen LogP contribution in [0.15, 0.2) is 0 Å². The van der Waals surface area contributed by atoms with Crippen molar-refractivity contribution in [2.45, 2.75) is 39.2 Å². The van der Waals surface area contributed by atoms with Crippen molar-refractivity contribution < 1.29 is 0 Å². The van der Waals surface area contributed by atoms with Gasteiger partial charge >= 0.3 is 0 Å². The summed E-state index contributed by atoms with van der Waals surface area (Å²) in [4.78, 5) is 0. The Kier molecular flexibility index (Phi) is 2.61. The van der Waals surface area contributed by atoms with E-state index in [0.717, 1.165) is 12.0 Å². The molecule has 13 heavy (non-hydrogen) atoms. The predicted molar refractivity (Wildman–Crippen MR) is 55.8 cm³/mol. The van der Waals surface area contributed by atoms with E-state index in [0.29, 0.717) is 5.41 Å². The van der Waals surface area contributed by atoms with E-state index in [9.17, 15) is 0 Å². The second kappa shape index (κ2) is 3.58. The molecule has 1 unspecified atom stereocenters. The van der Waals surface area contributed by atoms with Crippen LogP contribution in [0.5, 0.6) is 0 Å². The van der Waals surface area contributed by atoms with Crippen LogP contribution in [0.1, 0.15) is 33.1 Å². The molecule has 1 saturated heterocycles. The molecule has 1 aliphatic carbocycles. The summed E-state index contributed by atoms with van der Waals surface area (Å²) in [7, 11) is 0. The lowest BCUT2D eigenvalue weighted by Gasteiger charge is -2.22. The standard InChI is InChI=1S/C11H22N2/c1-9(2)11(4-5-11)8-13-10-3-6-12-7-10/h9-10,12-13H,3-8H2,1-2H3. The van der Waals surface area contributed by atoms with Crippen molar-refractivity contribution in [1.29, 1.82) is 0 Å². The summed E-state index contributed by atoms with van der Waals surface area (Å²) in [6.45, 7) is 8.35. The summed E-state index contributed by atoms with van der Waals surface area (Å²) in [6.07, 6.45) is 4.20. The van der Waals surface area contributed by atoms with Gasteiger partial charge in [-0.2, -0.15) is 0 Å². The minimum absolute atomic E-state index is 0.669. The van der Waals surface area contributed by atoms with Crippen LogP contribution in [0.25, 0.3) is 0 Å². The van der Waals surface area contributed by atoms with Crippen LogP contribution in [0.3, 0.4) is 0 Å². The lowest BCUT2D eigenvalue weighted by molar-refractivity contribution is 0.323. The number of hydrogen-bond acceptors (Lipinski definition) is 2. The van der Waals surface area contributed by atoms with Gasteiger partial charge in [0, 0.05) is 19.1 Å². The average Bonchev–Trinajstić information content (AvgIpc) is 2.73. The Hall–Kier alpha value is -0.0800. The highest BCUT2D eigenvalue weighted by Crippen LogP contribution is 2.51. The summed E-state index contributed by atoms with van der Waals surface area (Å²) in [5.41, 5.74) is 0.669. The zero-order valence-electron chi connectivity index (χ0n) is 8.90. The monoisotopic (exact) mass is 182 g/mol. The van der Waals surface area contributed by atoms with Crippen LogP contribution in [-0.2, 0) is 0 Å². The first-order valence-electron chi connectivity index (χ1n) is 5.67. The molecule has 0 aromatic rings. The molecule has 1 atom stereocenters. The first-order chi connectivity index (χ1) is 6.23. The lowest BCUT2D eigenvalue weighted by Crippen LogP contribution is -2.37. The molecule has 2 fully saturated rings. The van der Waals surface area contributed by atoms with Crippen molar-refractivity contribution in [3.63, 3.8) is 0 Å². The Balaban J connectivity index is 1.72. The summed E-state index contributed by atoms with van der Waals surface area (Å²) in [6, 6.07) is 0.747. The highest BCUT2D eigenvalue weighted by molar-refractivity contribution is 4.98. The predicted octanol–water partition coefficient (Wildman–Crippen LogP) is 1.37. The molecular formula is C11H22N2. The number of hydrogen-bond donors (Lipinski definition) is 2. The van der Waals surface area contributed by atoms with E-state index >= 15 is 0 Å². The molecular weight excluding hydrogens is 160 g/mol.